The second-order valence-electron chi connectivity index (χ2n) is 10.8. The molecule has 0 aromatic heterocycles. The van der Waals surface area contributed by atoms with Crippen molar-refractivity contribution in [3.63, 3.8) is 0 Å². The fourth-order valence-electron chi connectivity index (χ4n) is 4.85. The Morgan fingerprint density at radius 1 is 0.848 bits per heavy atom. The summed E-state index contributed by atoms with van der Waals surface area (Å²) in [5.41, 5.74) is 1.55. The molecule has 0 aliphatic heterocycles. The van der Waals surface area contributed by atoms with Crippen LogP contribution in [0.25, 0.3) is 0 Å². The third-order valence-corrected chi connectivity index (χ3v) is 10.1. The number of anilines is 1. The first-order valence-electron chi connectivity index (χ1n) is 14.8. The Morgan fingerprint density at radius 3 is 2.00 bits per heavy atom. The summed E-state index contributed by atoms with van der Waals surface area (Å²) in [4.78, 5) is 29.8. The van der Waals surface area contributed by atoms with E-state index in [1.54, 1.807) is 60.7 Å². The van der Waals surface area contributed by atoms with Gasteiger partial charge in [0.1, 0.15) is 18.3 Å². The van der Waals surface area contributed by atoms with E-state index in [-0.39, 0.29) is 35.5 Å². The molecule has 0 unspecified atom stereocenters. The molecule has 1 N–H and O–H groups in total. The first kappa shape index (κ1) is 34.8. The highest BCUT2D eigenvalue weighted by atomic mass is 35.5. The summed E-state index contributed by atoms with van der Waals surface area (Å²) in [5, 5.41) is 3.64. The first-order chi connectivity index (χ1) is 22.0. The number of para-hydroxylation sites is 1. The minimum Gasteiger partial charge on any atom is -0.497 e. The summed E-state index contributed by atoms with van der Waals surface area (Å²) < 4.78 is 34.5. The second-order valence-corrected chi connectivity index (χ2v) is 13.4. The second kappa shape index (κ2) is 16.0. The van der Waals surface area contributed by atoms with Crippen molar-refractivity contribution in [1.29, 1.82) is 0 Å². The van der Waals surface area contributed by atoms with Gasteiger partial charge in [0.25, 0.3) is 10.0 Å². The number of nitrogens with one attached hydrogen (secondary N) is 1. The Labute approximate surface area is 280 Å². The molecule has 4 aromatic carbocycles. The quantitative estimate of drug-likeness (QED) is 0.159. The molecule has 4 rings (SSSR count). The summed E-state index contributed by atoms with van der Waals surface area (Å²) in [5.74, 6) is -0.503. The molecule has 2 amide bonds. The van der Waals surface area contributed by atoms with Crippen LogP contribution >= 0.6 is 23.2 Å². The summed E-state index contributed by atoms with van der Waals surface area (Å²) in [6.07, 6.45) is 0.851. The molecule has 0 radical (unpaired) electrons. The van der Waals surface area contributed by atoms with E-state index < -0.39 is 28.5 Å². The van der Waals surface area contributed by atoms with E-state index in [0.717, 1.165) is 9.87 Å². The van der Waals surface area contributed by atoms with Crippen molar-refractivity contribution in [3.05, 3.63) is 124 Å². The van der Waals surface area contributed by atoms with Crippen molar-refractivity contribution in [1.82, 2.24) is 10.2 Å². The molecule has 8 nitrogen and oxygen atoms in total. The van der Waals surface area contributed by atoms with Gasteiger partial charge >= 0.3 is 0 Å². The van der Waals surface area contributed by atoms with Crippen molar-refractivity contribution in [3.8, 4) is 5.75 Å². The third-order valence-electron chi connectivity index (χ3n) is 7.63. The van der Waals surface area contributed by atoms with Crippen molar-refractivity contribution in [2.45, 2.75) is 50.2 Å². The number of rotatable bonds is 14. The number of methoxy groups -OCH3 is 1. The van der Waals surface area contributed by atoms with Crippen LogP contribution in [0.3, 0.4) is 0 Å². The van der Waals surface area contributed by atoms with E-state index in [0.29, 0.717) is 27.8 Å². The maximum Gasteiger partial charge on any atom is 0.264 e. The van der Waals surface area contributed by atoms with E-state index in [1.165, 1.54) is 24.1 Å². The van der Waals surface area contributed by atoms with Crippen LogP contribution in [-0.2, 0) is 32.6 Å². The van der Waals surface area contributed by atoms with Crippen molar-refractivity contribution < 1.29 is 22.7 Å². The van der Waals surface area contributed by atoms with Gasteiger partial charge in [0.15, 0.2) is 0 Å². The normalized spacial score (nSPS) is 12.5. The van der Waals surface area contributed by atoms with Crippen LogP contribution in [0, 0.1) is 0 Å². The fraction of sp³-hybridized carbons (Fsp3) is 0.257. The van der Waals surface area contributed by atoms with Crippen LogP contribution in [0.1, 0.15) is 31.4 Å². The van der Waals surface area contributed by atoms with Crippen LogP contribution in [0.5, 0.6) is 5.75 Å². The monoisotopic (exact) mass is 681 g/mol. The molecule has 11 heteroatoms. The molecule has 0 saturated heterocycles. The smallest absolute Gasteiger partial charge is 0.264 e. The van der Waals surface area contributed by atoms with Crippen LogP contribution in [0.4, 0.5) is 5.69 Å². The largest absolute Gasteiger partial charge is 0.497 e. The zero-order valence-electron chi connectivity index (χ0n) is 25.9. The average Bonchev–Trinajstić information content (AvgIpc) is 3.06. The summed E-state index contributed by atoms with van der Waals surface area (Å²) in [6.45, 7) is 3.11. The summed E-state index contributed by atoms with van der Waals surface area (Å²) in [6, 6.07) is 27.4. The van der Waals surface area contributed by atoms with E-state index in [1.807, 2.05) is 44.2 Å². The van der Waals surface area contributed by atoms with Gasteiger partial charge in [-0.05, 0) is 67.4 Å². The number of amides is 2. The number of carbonyl (C=O) groups is 2. The number of carbonyl (C=O) groups excluding carboxylic acids is 2. The van der Waals surface area contributed by atoms with Gasteiger partial charge in [-0.15, -0.1) is 0 Å². The highest BCUT2D eigenvalue weighted by Gasteiger charge is 2.35. The zero-order chi connectivity index (χ0) is 33.3. The number of hydrogen-bond acceptors (Lipinski definition) is 5. The highest BCUT2D eigenvalue weighted by molar-refractivity contribution is 7.92. The molecule has 2 atom stereocenters. The van der Waals surface area contributed by atoms with Gasteiger partial charge in [0.05, 0.1) is 17.7 Å². The van der Waals surface area contributed by atoms with Crippen molar-refractivity contribution >= 4 is 50.7 Å². The average molecular weight is 683 g/mol. The molecular formula is C35H37Cl2N3O5S. The Bertz CT molecular complexity index is 1700. The maximum atomic E-state index is 14.6. The van der Waals surface area contributed by atoms with Gasteiger partial charge in [0, 0.05) is 34.6 Å². The molecule has 242 valence electrons. The van der Waals surface area contributed by atoms with Gasteiger partial charge in [-0.1, -0.05) is 84.7 Å². The van der Waals surface area contributed by atoms with Crippen LogP contribution in [0.2, 0.25) is 10.0 Å². The lowest BCUT2D eigenvalue weighted by Gasteiger charge is -2.34. The zero-order valence-corrected chi connectivity index (χ0v) is 28.2. The predicted octanol–water partition coefficient (Wildman–Crippen LogP) is 6.75. The lowest BCUT2D eigenvalue weighted by Crippen LogP contribution is -2.54. The third kappa shape index (κ3) is 8.60. The van der Waals surface area contributed by atoms with Gasteiger partial charge < -0.3 is 15.0 Å². The number of sulfonamides is 1. The first-order valence-corrected chi connectivity index (χ1v) is 17.0. The van der Waals surface area contributed by atoms with Crippen molar-refractivity contribution in [2.24, 2.45) is 0 Å². The lowest BCUT2D eigenvalue weighted by molar-refractivity contribution is -0.140. The summed E-state index contributed by atoms with van der Waals surface area (Å²) in [7, 11) is -2.76. The molecule has 0 aliphatic carbocycles. The number of ether oxygens (including phenoxy) is 1. The molecule has 0 saturated carbocycles. The maximum absolute atomic E-state index is 14.6. The van der Waals surface area contributed by atoms with Crippen LogP contribution < -0.4 is 14.4 Å². The number of nitrogens with zero attached hydrogens (tertiary/aromatic N) is 2. The molecule has 0 heterocycles. The molecular weight excluding hydrogens is 645 g/mol. The molecule has 0 spiro atoms. The predicted molar refractivity (Wildman–Crippen MR) is 183 cm³/mol. The molecule has 0 fully saturated rings. The van der Waals surface area contributed by atoms with Gasteiger partial charge in [-0.3, -0.25) is 13.9 Å². The number of halogens is 2. The minimum atomic E-state index is -4.25. The van der Waals surface area contributed by atoms with Crippen molar-refractivity contribution in [2.75, 3.05) is 18.0 Å². The molecule has 4 aromatic rings. The SMILES string of the molecule is CC[C@H](C)NC(=O)[C@@H](Cc1ccccc1)N(Cc1c(Cl)cccc1Cl)C(=O)CN(c1ccccc1)S(=O)(=O)c1ccc(OC)cc1. The number of hydrogen-bond donors (Lipinski definition) is 1. The summed E-state index contributed by atoms with van der Waals surface area (Å²) >= 11 is 13.1. The standard InChI is InChI=1S/C35H37Cl2N3O5S/c1-4-25(2)38-35(42)33(22-26-12-7-5-8-13-26)39(23-30-31(36)16-11-17-32(30)37)34(41)24-40(27-14-9-6-10-15-27)46(43,44)29-20-18-28(45-3)19-21-29/h5-21,25,33H,4,22-24H2,1-3H3,(H,38,42)/t25-,33+/m0/s1. The Kier molecular flexibility index (Phi) is 12.1. The number of benzene rings is 4. The van der Waals surface area contributed by atoms with Crippen LogP contribution in [0.15, 0.2) is 108 Å². The Morgan fingerprint density at radius 2 is 1.43 bits per heavy atom. The van der Waals surface area contributed by atoms with Gasteiger partial charge in [0.2, 0.25) is 11.8 Å². The highest BCUT2D eigenvalue weighted by Crippen LogP contribution is 2.29. The fourth-order valence-corrected chi connectivity index (χ4v) is 6.78. The van der Waals surface area contributed by atoms with Gasteiger partial charge in [-0.2, -0.15) is 0 Å². The molecule has 0 aliphatic rings. The molecule has 0 bridgehead atoms. The topological polar surface area (TPSA) is 96.0 Å². The van der Waals surface area contributed by atoms with E-state index in [4.69, 9.17) is 27.9 Å². The van der Waals surface area contributed by atoms with Gasteiger partial charge in [-0.25, -0.2) is 8.42 Å². The Balaban J connectivity index is 1.82. The van der Waals surface area contributed by atoms with E-state index in [9.17, 15) is 18.0 Å². The van der Waals surface area contributed by atoms with E-state index >= 15 is 0 Å². The van der Waals surface area contributed by atoms with E-state index in [2.05, 4.69) is 5.32 Å². The Hall–Kier alpha value is -4.05. The van der Waals surface area contributed by atoms with Crippen LogP contribution in [-0.4, -0.2) is 50.9 Å². The lowest BCUT2D eigenvalue weighted by atomic mass is 10.0. The molecule has 46 heavy (non-hydrogen) atoms. The minimum absolute atomic E-state index is 0.0269.